The number of halogens is 1. The van der Waals surface area contributed by atoms with E-state index in [0.29, 0.717) is 11.8 Å². The van der Waals surface area contributed by atoms with Gasteiger partial charge in [0.15, 0.2) is 0 Å². The fraction of sp³-hybridized carbons (Fsp3) is 0.571. The number of aromatic nitrogens is 1. The second-order valence-corrected chi connectivity index (χ2v) is 3.62. The molecule has 0 spiro atoms. The minimum atomic E-state index is 0.530. The van der Waals surface area contributed by atoms with Crippen molar-refractivity contribution in [3.63, 3.8) is 0 Å². The number of alkyl halides is 1. The SMILES string of the molecule is CC(C)c1nc(CCl)cs1. The minimum Gasteiger partial charge on any atom is -0.245 e. The van der Waals surface area contributed by atoms with E-state index in [0.717, 1.165) is 5.69 Å². The van der Waals surface area contributed by atoms with E-state index < -0.39 is 0 Å². The zero-order valence-corrected chi connectivity index (χ0v) is 7.67. The zero-order chi connectivity index (χ0) is 7.56. The normalized spacial score (nSPS) is 10.8. The summed E-state index contributed by atoms with van der Waals surface area (Å²) in [6.45, 7) is 4.27. The third-order valence-corrected chi connectivity index (χ3v) is 2.67. The van der Waals surface area contributed by atoms with Gasteiger partial charge in [0.25, 0.3) is 0 Å². The standard InChI is InChI=1S/C7H10ClNS/c1-5(2)7-9-6(3-8)4-10-7/h4-5H,3H2,1-2H3. The maximum atomic E-state index is 5.59. The van der Waals surface area contributed by atoms with Gasteiger partial charge in [0.05, 0.1) is 16.6 Å². The van der Waals surface area contributed by atoms with E-state index in [4.69, 9.17) is 11.6 Å². The highest BCUT2D eigenvalue weighted by Gasteiger charge is 2.03. The average molecular weight is 176 g/mol. The lowest BCUT2D eigenvalue weighted by atomic mass is 10.2. The van der Waals surface area contributed by atoms with Gasteiger partial charge < -0.3 is 0 Å². The summed E-state index contributed by atoms with van der Waals surface area (Å²) in [4.78, 5) is 4.31. The second kappa shape index (κ2) is 3.35. The van der Waals surface area contributed by atoms with Gasteiger partial charge in [0.1, 0.15) is 0 Å². The Morgan fingerprint density at radius 3 is 2.70 bits per heavy atom. The Bertz CT molecular complexity index is 207. The van der Waals surface area contributed by atoms with Crippen molar-refractivity contribution < 1.29 is 0 Å². The van der Waals surface area contributed by atoms with Crippen LogP contribution in [-0.2, 0) is 5.88 Å². The first-order valence-corrected chi connectivity index (χ1v) is 4.65. The van der Waals surface area contributed by atoms with Crippen molar-refractivity contribution in [1.29, 1.82) is 0 Å². The fourth-order valence-corrected chi connectivity index (χ4v) is 1.71. The average Bonchev–Trinajstić information content (AvgIpc) is 2.34. The molecule has 0 fully saturated rings. The van der Waals surface area contributed by atoms with E-state index >= 15 is 0 Å². The first-order chi connectivity index (χ1) is 4.74. The van der Waals surface area contributed by atoms with Gasteiger partial charge in [-0.05, 0) is 0 Å². The van der Waals surface area contributed by atoms with Crippen molar-refractivity contribution in [2.45, 2.75) is 25.6 Å². The summed E-state index contributed by atoms with van der Waals surface area (Å²) in [5.74, 6) is 1.06. The Morgan fingerprint density at radius 1 is 1.70 bits per heavy atom. The molecule has 0 saturated heterocycles. The quantitative estimate of drug-likeness (QED) is 0.630. The molecule has 1 aromatic rings. The first kappa shape index (κ1) is 8.02. The second-order valence-electron chi connectivity index (χ2n) is 2.47. The summed E-state index contributed by atoms with van der Waals surface area (Å²) in [5, 5.41) is 3.19. The van der Waals surface area contributed by atoms with Gasteiger partial charge in [-0.2, -0.15) is 0 Å². The van der Waals surface area contributed by atoms with Crippen molar-refractivity contribution in [2.75, 3.05) is 0 Å². The van der Waals surface area contributed by atoms with Crippen LogP contribution < -0.4 is 0 Å². The molecule has 3 heteroatoms. The van der Waals surface area contributed by atoms with Crippen LogP contribution in [0.5, 0.6) is 0 Å². The van der Waals surface area contributed by atoms with Crippen molar-refractivity contribution in [2.24, 2.45) is 0 Å². The molecule has 10 heavy (non-hydrogen) atoms. The molecule has 0 bridgehead atoms. The lowest BCUT2D eigenvalue weighted by molar-refractivity contribution is 0.846. The van der Waals surface area contributed by atoms with Crippen LogP contribution in [0.4, 0.5) is 0 Å². The summed E-state index contributed by atoms with van der Waals surface area (Å²) < 4.78 is 0. The molecule has 0 aliphatic rings. The smallest absolute Gasteiger partial charge is 0.0954 e. The van der Waals surface area contributed by atoms with E-state index in [9.17, 15) is 0 Å². The Morgan fingerprint density at radius 2 is 2.40 bits per heavy atom. The van der Waals surface area contributed by atoms with Crippen molar-refractivity contribution in [3.8, 4) is 0 Å². The molecule has 1 rings (SSSR count). The van der Waals surface area contributed by atoms with Crippen molar-refractivity contribution in [1.82, 2.24) is 4.98 Å². The van der Waals surface area contributed by atoms with Crippen LogP contribution in [0.15, 0.2) is 5.38 Å². The maximum absolute atomic E-state index is 5.59. The van der Waals surface area contributed by atoms with Crippen LogP contribution in [0.2, 0.25) is 0 Å². The van der Waals surface area contributed by atoms with E-state index in [1.807, 2.05) is 5.38 Å². The van der Waals surface area contributed by atoms with Gasteiger partial charge in [-0.3, -0.25) is 0 Å². The third-order valence-electron chi connectivity index (χ3n) is 1.20. The zero-order valence-electron chi connectivity index (χ0n) is 6.10. The highest BCUT2D eigenvalue weighted by Crippen LogP contribution is 2.19. The van der Waals surface area contributed by atoms with Crippen LogP contribution in [0.25, 0.3) is 0 Å². The highest BCUT2D eigenvalue weighted by molar-refractivity contribution is 7.09. The summed E-state index contributed by atoms with van der Waals surface area (Å²) >= 11 is 7.28. The Balaban J connectivity index is 2.78. The molecule has 0 aliphatic heterocycles. The molecule has 0 aromatic carbocycles. The van der Waals surface area contributed by atoms with Gasteiger partial charge in [0.2, 0.25) is 0 Å². The lowest BCUT2D eigenvalue weighted by Gasteiger charge is -1.95. The minimum absolute atomic E-state index is 0.530. The lowest BCUT2D eigenvalue weighted by Crippen LogP contribution is -1.85. The van der Waals surface area contributed by atoms with Crippen LogP contribution >= 0.6 is 22.9 Å². The molecule has 0 N–H and O–H groups in total. The highest BCUT2D eigenvalue weighted by atomic mass is 35.5. The number of hydrogen-bond donors (Lipinski definition) is 0. The van der Waals surface area contributed by atoms with E-state index in [2.05, 4.69) is 18.8 Å². The van der Waals surface area contributed by atoms with Gasteiger partial charge in [-0.1, -0.05) is 13.8 Å². The largest absolute Gasteiger partial charge is 0.245 e. The molecule has 0 radical (unpaired) electrons. The summed E-state index contributed by atoms with van der Waals surface area (Å²) in [6, 6.07) is 0. The molecule has 0 aliphatic carbocycles. The van der Waals surface area contributed by atoms with Gasteiger partial charge in [-0.25, -0.2) is 4.98 Å². The third kappa shape index (κ3) is 1.70. The molecular weight excluding hydrogens is 166 g/mol. The molecule has 1 nitrogen and oxygen atoms in total. The molecule has 1 aromatic heterocycles. The Hall–Kier alpha value is -0.0800. The number of rotatable bonds is 2. The molecule has 56 valence electrons. The first-order valence-electron chi connectivity index (χ1n) is 3.24. The fourth-order valence-electron chi connectivity index (χ4n) is 0.649. The van der Waals surface area contributed by atoms with E-state index in [-0.39, 0.29) is 0 Å². The van der Waals surface area contributed by atoms with Gasteiger partial charge >= 0.3 is 0 Å². The Kier molecular flexibility index (Phi) is 2.69. The molecule has 0 amide bonds. The number of thiazole rings is 1. The molecule has 1 heterocycles. The van der Waals surface area contributed by atoms with Crippen molar-refractivity contribution in [3.05, 3.63) is 16.1 Å². The van der Waals surface area contributed by atoms with Crippen LogP contribution in [-0.4, -0.2) is 4.98 Å². The van der Waals surface area contributed by atoms with Crippen LogP contribution in [0, 0.1) is 0 Å². The van der Waals surface area contributed by atoms with E-state index in [1.165, 1.54) is 5.01 Å². The molecule has 0 unspecified atom stereocenters. The molecule has 0 atom stereocenters. The monoisotopic (exact) mass is 175 g/mol. The van der Waals surface area contributed by atoms with Crippen molar-refractivity contribution >= 4 is 22.9 Å². The molecular formula is C7H10ClNS. The van der Waals surface area contributed by atoms with Crippen LogP contribution in [0.1, 0.15) is 30.5 Å². The van der Waals surface area contributed by atoms with Gasteiger partial charge in [-0.15, -0.1) is 22.9 Å². The van der Waals surface area contributed by atoms with Crippen LogP contribution in [0.3, 0.4) is 0 Å². The number of nitrogens with zero attached hydrogens (tertiary/aromatic N) is 1. The summed E-state index contributed by atoms with van der Waals surface area (Å²) in [6.07, 6.45) is 0. The number of hydrogen-bond acceptors (Lipinski definition) is 2. The van der Waals surface area contributed by atoms with Gasteiger partial charge in [0, 0.05) is 11.3 Å². The predicted molar refractivity (Wildman–Crippen MR) is 45.8 cm³/mol. The molecule has 0 saturated carbocycles. The predicted octanol–water partition coefficient (Wildman–Crippen LogP) is 3.01. The van der Waals surface area contributed by atoms with E-state index in [1.54, 1.807) is 11.3 Å². The Labute approximate surface area is 70.1 Å². The maximum Gasteiger partial charge on any atom is 0.0954 e. The summed E-state index contributed by atoms with van der Waals surface area (Å²) in [5.41, 5.74) is 0.996. The topological polar surface area (TPSA) is 12.9 Å². The summed E-state index contributed by atoms with van der Waals surface area (Å²) in [7, 11) is 0.